The Labute approximate surface area is 108 Å². The first-order valence-corrected chi connectivity index (χ1v) is 7.26. The van der Waals surface area contributed by atoms with Crippen LogP contribution in [0.25, 0.3) is 0 Å². The van der Waals surface area contributed by atoms with E-state index in [0.717, 1.165) is 57.9 Å². The van der Waals surface area contributed by atoms with E-state index in [1.165, 1.54) is 0 Å². The fraction of sp³-hybridized carbons (Fsp3) is 0.857. The van der Waals surface area contributed by atoms with Gasteiger partial charge >= 0.3 is 5.97 Å². The number of amides is 1. The van der Waals surface area contributed by atoms with Gasteiger partial charge in [0.2, 0.25) is 5.91 Å². The van der Waals surface area contributed by atoms with E-state index in [1.807, 2.05) is 0 Å². The molecule has 100 valence electrons. The number of carbonyl (C=O) groups excluding carboxylic acids is 2. The fourth-order valence-corrected chi connectivity index (χ4v) is 3.09. The van der Waals surface area contributed by atoms with E-state index in [1.54, 1.807) is 4.90 Å². The van der Waals surface area contributed by atoms with Crippen molar-refractivity contribution in [1.29, 1.82) is 0 Å². The molecule has 0 N–H and O–H groups in total. The van der Waals surface area contributed by atoms with E-state index in [9.17, 15) is 9.59 Å². The average Bonchev–Trinajstić information content (AvgIpc) is 2.89. The molecule has 3 fully saturated rings. The molecule has 1 aliphatic heterocycles. The number of rotatable bonds is 3. The molecule has 4 nitrogen and oxygen atoms in total. The largest absolute Gasteiger partial charge is 0.461 e. The van der Waals surface area contributed by atoms with Gasteiger partial charge in [-0.25, -0.2) is 4.79 Å². The molecule has 3 aliphatic rings. The molecule has 3 rings (SSSR count). The van der Waals surface area contributed by atoms with E-state index in [4.69, 9.17) is 4.74 Å². The zero-order valence-electron chi connectivity index (χ0n) is 10.8. The SMILES string of the molecule is O=C(OC1CCCC1)[C@@H]1CCCN1C(=O)C1CC1. The van der Waals surface area contributed by atoms with Crippen LogP contribution in [0.3, 0.4) is 0 Å². The van der Waals surface area contributed by atoms with Crippen LogP contribution in [0.4, 0.5) is 0 Å². The molecule has 0 aromatic rings. The van der Waals surface area contributed by atoms with Crippen LogP contribution in [-0.4, -0.2) is 35.5 Å². The number of hydrogen-bond acceptors (Lipinski definition) is 3. The minimum atomic E-state index is -0.293. The monoisotopic (exact) mass is 251 g/mol. The van der Waals surface area contributed by atoms with Crippen LogP contribution in [0.15, 0.2) is 0 Å². The third kappa shape index (κ3) is 2.38. The minimum Gasteiger partial charge on any atom is -0.461 e. The summed E-state index contributed by atoms with van der Waals surface area (Å²) in [6.45, 7) is 0.736. The van der Waals surface area contributed by atoms with Gasteiger partial charge in [-0.1, -0.05) is 0 Å². The fourth-order valence-electron chi connectivity index (χ4n) is 3.09. The number of likely N-dealkylation sites (tertiary alicyclic amines) is 1. The number of carbonyl (C=O) groups is 2. The Bertz CT molecular complexity index is 345. The summed E-state index contributed by atoms with van der Waals surface area (Å²) in [6.07, 6.45) is 8.13. The van der Waals surface area contributed by atoms with Gasteiger partial charge < -0.3 is 9.64 Å². The first-order chi connectivity index (χ1) is 8.75. The molecule has 0 spiro atoms. The van der Waals surface area contributed by atoms with Gasteiger partial charge in [0, 0.05) is 12.5 Å². The summed E-state index contributed by atoms with van der Waals surface area (Å²) in [5, 5.41) is 0. The number of ether oxygens (including phenoxy) is 1. The summed E-state index contributed by atoms with van der Waals surface area (Å²) < 4.78 is 5.54. The van der Waals surface area contributed by atoms with Crippen molar-refractivity contribution in [1.82, 2.24) is 4.90 Å². The predicted molar refractivity (Wildman–Crippen MR) is 65.8 cm³/mol. The van der Waals surface area contributed by atoms with Gasteiger partial charge in [0.05, 0.1) is 0 Å². The van der Waals surface area contributed by atoms with Crippen LogP contribution < -0.4 is 0 Å². The van der Waals surface area contributed by atoms with Crippen molar-refractivity contribution in [2.75, 3.05) is 6.54 Å². The summed E-state index contributed by atoms with van der Waals surface area (Å²) >= 11 is 0. The molecule has 0 bridgehead atoms. The Morgan fingerprint density at radius 3 is 2.33 bits per heavy atom. The van der Waals surface area contributed by atoms with Gasteiger partial charge in [-0.15, -0.1) is 0 Å². The van der Waals surface area contributed by atoms with E-state index in [0.29, 0.717) is 0 Å². The standard InChI is InChI=1S/C14H21NO3/c16-13(10-7-8-10)15-9-3-6-12(15)14(17)18-11-4-1-2-5-11/h10-12H,1-9H2/t12-/m0/s1. The Balaban J connectivity index is 1.58. The Kier molecular flexibility index (Phi) is 3.27. The highest BCUT2D eigenvalue weighted by molar-refractivity contribution is 5.87. The van der Waals surface area contributed by atoms with Crippen molar-refractivity contribution in [2.45, 2.75) is 63.5 Å². The Hall–Kier alpha value is -1.06. The zero-order chi connectivity index (χ0) is 12.5. The smallest absolute Gasteiger partial charge is 0.329 e. The second-order valence-corrected chi connectivity index (χ2v) is 5.81. The summed E-state index contributed by atoms with van der Waals surface area (Å²) in [7, 11) is 0. The van der Waals surface area contributed by atoms with E-state index in [-0.39, 0.29) is 29.9 Å². The second-order valence-electron chi connectivity index (χ2n) is 5.81. The second kappa shape index (κ2) is 4.90. The predicted octanol–water partition coefficient (Wildman–Crippen LogP) is 1.87. The summed E-state index contributed by atoms with van der Waals surface area (Å²) in [4.78, 5) is 26.0. The van der Waals surface area contributed by atoms with Crippen LogP contribution in [-0.2, 0) is 14.3 Å². The van der Waals surface area contributed by atoms with E-state index >= 15 is 0 Å². The van der Waals surface area contributed by atoms with Crippen LogP contribution in [0, 0.1) is 5.92 Å². The summed E-state index contributed by atoms with van der Waals surface area (Å²) in [5.41, 5.74) is 0. The quantitative estimate of drug-likeness (QED) is 0.719. The van der Waals surface area contributed by atoms with Crippen molar-refractivity contribution in [3.8, 4) is 0 Å². The molecule has 0 aromatic heterocycles. The molecule has 2 aliphatic carbocycles. The van der Waals surface area contributed by atoms with Gasteiger partial charge in [-0.3, -0.25) is 4.79 Å². The zero-order valence-corrected chi connectivity index (χ0v) is 10.8. The van der Waals surface area contributed by atoms with Gasteiger partial charge in [-0.2, -0.15) is 0 Å². The van der Waals surface area contributed by atoms with Crippen molar-refractivity contribution in [3.05, 3.63) is 0 Å². The molecule has 0 aromatic carbocycles. The molecule has 1 saturated heterocycles. The molecule has 4 heteroatoms. The Morgan fingerprint density at radius 2 is 1.67 bits per heavy atom. The molecule has 1 amide bonds. The van der Waals surface area contributed by atoms with Crippen molar-refractivity contribution >= 4 is 11.9 Å². The maximum atomic E-state index is 12.1. The van der Waals surface area contributed by atoms with Gasteiger partial charge in [0.15, 0.2) is 0 Å². The summed E-state index contributed by atoms with van der Waals surface area (Å²) in [5.74, 6) is 0.221. The van der Waals surface area contributed by atoms with Crippen LogP contribution in [0.5, 0.6) is 0 Å². The molecular weight excluding hydrogens is 230 g/mol. The van der Waals surface area contributed by atoms with Gasteiger partial charge in [-0.05, 0) is 51.4 Å². The van der Waals surface area contributed by atoms with Crippen molar-refractivity contribution < 1.29 is 14.3 Å². The third-order valence-corrected chi connectivity index (χ3v) is 4.32. The van der Waals surface area contributed by atoms with Crippen LogP contribution >= 0.6 is 0 Å². The normalized spacial score (nSPS) is 28.7. The molecule has 0 unspecified atom stereocenters. The molecule has 1 atom stereocenters. The molecular formula is C14H21NO3. The van der Waals surface area contributed by atoms with E-state index < -0.39 is 0 Å². The molecule has 2 saturated carbocycles. The van der Waals surface area contributed by atoms with Crippen LogP contribution in [0.1, 0.15) is 51.4 Å². The van der Waals surface area contributed by atoms with Crippen LogP contribution in [0.2, 0.25) is 0 Å². The van der Waals surface area contributed by atoms with Gasteiger partial charge in [0.25, 0.3) is 0 Å². The molecule has 1 heterocycles. The highest BCUT2D eigenvalue weighted by Crippen LogP contribution is 2.34. The lowest BCUT2D eigenvalue weighted by molar-refractivity contribution is -0.158. The lowest BCUT2D eigenvalue weighted by atomic mass is 10.2. The number of hydrogen-bond donors (Lipinski definition) is 0. The maximum Gasteiger partial charge on any atom is 0.329 e. The van der Waals surface area contributed by atoms with E-state index in [2.05, 4.69) is 0 Å². The molecule has 0 radical (unpaired) electrons. The highest BCUT2D eigenvalue weighted by atomic mass is 16.5. The first kappa shape index (κ1) is 12.0. The summed E-state index contributed by atoms with van der Waals surface area (Å²) in [6, 6.07) is -0.293. The third-order valence-electron chi connectivity index (χ3n) is 4.32. The first-order valence-electron chi connectivity index (χ1n) is 7.26. The number of nitrogens with zero attached hydrogens (tertiary/aromatic N) is 1. The van der Waals surface area contributed by atoms with Gasteiger partial charge in [0.1, 0.15) is 12.1 Å². The average molecular weight is 251 g/mol. The number of esters is 1. The van der Waals surface area contributed by atoms with Crippen molar-refractivity contribution in [3.63, 3.8) is 0 Å². The lowest BCUT2D eigenvalue weighted by Gasteiger charge is -2.24. The topological polar surface area (TPSA) is 46.6 Å². The Morgan fingerprint density at radius 1 is 0.944 bits per heavy atom. The minimum absolute atomic E-state index is 0.107. The maximum absolute atomic E-state index is 12.1. The molecule has 18 heavy (non-hydrogen) atoms. The lowest BCUT2D eigenvalue weighted by Crippen LogP contribution is -2.43. The van der Waals surface area contributed by atoms with Crippen molar-refractivity contribution in [2.24, 2.45) is 5.92 Å². The highest BCUT2D eigenvalue weighted by Gasteiger charge is 2.42.